The monoisotopic (exact) mass is 227 g/mol. The Labute approximate surface area is 97.4 Å². The third-order valence-corrected chi connectivity index (χ3v) is 2.72. The normalized spacial score (nSPS) is 17.7. The minimum atomic E-state index is 0. The van der Waals surface area contributed by atoms with E-state index >= 15 is 0 Å². The minimum Gasteiger partial charge on any atom is -0.373 e. The second kappa shape index (κ2) is 6.11. The molecule has 15 heavy (non-hydrogen) atoms. The summed E-state index contributed by atoms with van der Waals surface area (Å²) in [5.41, 5.74) is 1.31. The van der Waals surface area contributed by atoms with Gasteiger partial charge in [-0.3, -0.25) is 0 Å². The molecule has 0 radical (unpaired) electrons. The molecule has 0 amide bonds. The maximum atomic E-state index is 5.79. The number of nitrogens with one attached hydrogen (secondary N) is 1. The molecule has 0 spiro atoms. The highest BCUT2D eigenvalue weighted by molar-refractivity contribution is 5.85. The van der Waals surface area contributed by atoms with Crippen LogP contribution in [-0.4, -0.2) is 19.7 Å². The summed E-state index contributed by atoms with van der Waals surface area (Å²) in [5, 5.41) is 3.29. The van der Waals surface area contributed by atoms with E-state index in [9.17, 15) is 0 Å². The van der Waals surface area contributed by atoms with Crippen LogP contribution in [0, 0.1) is 5.92 Å². The van der Waals surface area contributed by atoms with Gasteiger partial charge >= 0.3 is 0 Å². The molecule has 3 heteroatoms. The first-order chi connectivity index (χ1) is 6.92. The van der Waals surface area contributed by atoms with Gasteiger partial charge in [-0.2, -0.15) is 0 Å². The summed E-state index contributed by atoms with van der Waals surface area (Å²) in [7, 11) is 0. The van der Waals surface area contributed by atoms with E-state index < -0.39 is 0 Å². The summed E-state index contributed by atoms with van der Waals surface area (Å²) in [6.45, 7) is 5.01. The quantitative estimate of drug-likeness (QED) is 0.853. The Morgan fingerprint density at radius 2 is 2.00 bits per heavy atom. The van der Waals surface area contributed by atoms with Gasteiger partial charge in [-0.15, -0.1) is 12.4 Å². The molecular formula is C12H18ClNO. The van der Waals surface area contributed by atoms with E-state index in [0.717, 1.165) is 19.7 Å². The molecule has 1 fully saturated rings. The van der Waals surface area contributed by atoms with Crippen LogP contribution in [0.4, 0.5) is 0 Å². The zero-order valence-corrected chi connectivity index (χ0v) is 9.80. The fourth-order valence-corrected chi connectivity index (χ4v) is 1.85. The van der Waals surface area contributed by atoms with Gasteiger partial charge in [-0.25, -0.2) is 0 Å². The van der Waals surface area contributed by atoms with Gasteiger partial charge < -0.3 is 10.1 Å². The van der Waals surface area contributed by atoms with Crippen molar-refractivity contribution in [1.29, 1.82) is 0 Å². The van der Waals surface area contributed by atoms with E-state index in [1.165, 1.54) is 5.56 Å². The molecule has 0 saturated carbocycles. The summed E-state index contributed by atoms with van der Waals surface area (Å²) in [4.78, 5) is 0. The molecular weight excluding hydrogens is 210 g/mol. The Morgan fingerprint density at radius 1 is 1.33 bits per heavy atom. The molecule has 1 atom stereocenters. The molecule has 84 valence electrons. The van der Waals surface area contributed by atoms with Gasteiger partial charge in [0.1, 0.15) is 0 Å². The third kappa shape index (κ3) is 2.94. The van der Waals surface area contributed by atoms with E-state index in [2.05, 4.69) is 36.5 Å². The maximum Gasteiger partial charge on any atom is 0.0877 e. The Balaban J connectivity index is 0.00000112. The molecule has 2 nitrogen and oxygen atoms in total. The fourth-order valence-electron chi connectivity index (χ4n) is 1.85. The van der Waals surface area contributed by atoms with Crippen LogP contribution in [0.1, 0.15) is 18.6 Å². The van der Waals surface area contributed by atoms with Crippen molar-refractivity contribution in [2.24, 2.45) is 5.92 Å². The fraction of sp³-hybridized carbons (Fsp3) is 0.500. The number of rotatable bonds is 4. The molecule has 1 aromatic carbocycles. The molecule has 1 N–H and O–H groups in total. The minimum absolute atomic E-state index is 0. The molecule has 1 aromatic rings. The van der Waals surface area contributed by atoms with Gasteiger partial charge in [-0.05, 0) is 12.5 Å². The average Bonchev–Trinajstić information content (AvgIpc) is 2.16. The Morgan fingerprint density at radius 3 is 2.47 bits per heavy atom. The lowest BCUT2D eigenvalue weighted by Crippen LogP contribution is -2.45. The van der Waals surface area contributed by atoms with Crippen molar-refractivity contribution in [2.45, 2.75) is 13.0 Å². The molecule has 0 aliphatic carbocycles. The number of benzene rings is 1. The second-order valence-electron chi connectivity index (χ2n) is 3.70. The van der Waals surface area contributed by atoms with Crippen molar-refractivity contribution in [1.82, 2.24) is 5.32 Å². The summed E-state index contributed by atoms with van der Waals surface area (Å²) in [6.07, 6.45) is 0.280. The smallest absolute Gasteiger partial charge is 0.0877 e. The average molecular weight is 228 g/mol. The van der Waals surface area contributed by atoms with Crippen LogP contribution in [0.3, 0.4) is 0 Å². The van der Waals surface area contributed by atoms with Gasteiger partial charge in [0.15, 0.2) is 0 Å². The summed E-state index contributed by atoms with van der Waals surface area (Å²) in [5.74, 6) is 0.650. The number of hydrogen-bond acceptors (Lipinski definition) is 2. The highest BCUT2D eigenvalue weighted by Crippen LogP contribution is 2.28. The van der Waals surface area contributed by atoms with Crippen molar-refractivity contribution < 1.29 is 4.74 Å². The van der Waals surface area contributed by atoms with Crippen LogP contribution in [0.15, 0.2) is 30.3 Å². The van der Waals surface area contributed by atoms with Gasteiger partial charge in [0, 0.05) is 25.6 Å². The second-order valence-corrected chi connectivity index (χ2v) is 3.70. The predicted octanol–water partition coefficient (Wildman–Crippen LogP) is 2.41. The molecule has 1 unspecified atom stereocenters. The lowest BCUT2D eigenvalue weighted by Gasteiger charge is -2.34. The molecule has 1 heterocycles. The first-order valence-corrected chi connectivity index (χ1v) is 5.29. The molecule has 1 saturated heterocycles. The van der Waals surface area contributed by atoms with Crippen LogP contribution in [0.5, 0.6) is 0 Å². The Bertz CT molecular complexity index is 274. The van der Waals surface area contributed by atoms with Crippen molar-refractivity contribution in [3.63, 3.8) is 0 Å². The number of ether oxygens (including phenoxy) is 1. The summed E-state index contributed by atoms with van der Waals surface area (Å²) < 4.78 is 5.79. The molecule has 2 rings (SSSR count). The van der Waals surface area contributed by atoms with Gasteiger partial charge in [-0.1, -0.05) is 30.3 Å². The Hall–Kier alpha value is -0.570. The largest absolute Gasteiger partial charge is 0.373 e. The van der Waals surface area contributed by atoms with Crippen LogP contribution in [0.2, 0.25) is 0 Å². The van der Waals surface area contributed by atoms with Crippen molar-refractivity contribution in [3.05, 3.63) is 35.9 Å². The first-order valence-electron chi connectivity index (χ1n) is 5.29. The zero-order valence-electron chi connectivity index (χ0n) is 8.98. The first kappa shape index (κ1) is 12.5. The van der Waals surface area contributed by atoms with Crippen LogP contribution >= 0.6 is 12.4 Å². The summed E-state index contributed by atoms with van der Waals surface area (Å²) in [6, 6.07) is 10.5. The molecule has 0 aromatic heterocycles. The lowest BCUT2D eigenvalue weighted by molar-refractivity contribution is 0.000435. The van der Waals surface area contributed by atoms with Gasteiger partial charge in [0.25, 0.3) is 0 Å². The predicted molar refractivity (Wildman–Crippen MR) is 64.4 cm³/mol. The maximum absolute atomic E-state index is 5.79. The van der Waals surface area contributed by atoms with Gasteiger partial charge in [0.2, 0.25) is 0 Å². The van der Waals surface area contributed by atoms with Crippen molar-refractivity contribution in [2.75, 3.05) is 19.7 Å². The van der Waals surface area contributed by atoms with Crippen molar-refractivity contribution >= 4 is 12.4 Å². The SMILES string of the molecule is CCOC(c1ccccc1)C1CNC1.Cl. The van der Waals surface area contributed by atoms with Crippen molar-refractivity contribution in [3.8, 4) is 0 Å². The lowest BCUT2D eigenvalue weighted by atomic mass is 9.91. The van der Waals surface area contributed by atoms with E-state index in [4.69, 9.17) is 4.74 Å². The van der Waals surface area contributed by atoms with Crippen LogP contribution < -0.4 is 5.32 Å². The van der Waals surface area contributed by atoms with Gasteiger partial charge in [0.05, 0.1) is 6.10 Å². The Kier molecular flexibility index (Phi) is 5.09. The molecule has 1 aliphatic heterocycles. The number of halogens is 1. The highest BCUT2D eigenvalue weighted by atomic mass is 35.5. The van der Waals surface area contributed by atoms with Crippen LogP contribution in [0.25, 0.3) is 0 Å². The van der Waals surface area contributed by atoms with E-state index in [1.807, 2.05) is 6.07 Å². The third-order valence-electron chi connectivity index (χ3n) is 2.72. The molecule has 0 bridgehead atoms. The molecule has 1 aliphatic rings. The standard InChI is InChI=1S/C12H17NO.ClH/c1-2-14-12(11-8-13-9-11)10-6-4-3-5-7-10;/h3-7,11-13H,2,8-9H2,1H3;1H. The highest BCUT2D eigenvalue weighted by Gasteiger charge is 2.28. The van der Waals surface area contributed by atoms with E-state index in [0.29, 0.717) is 5.92 Å². The summed E-state index contributed by atoms with van der Waals surface area (Å²) >= 11 is 0. The number of hydrogen-bond donors (Lipinski definition) is 1. The van der Waals surface area contributed by atoms with Crippen LogP contribution in [-0.2, 0) is 4.74 Å². The van der Waals surface area contributed by atoms with E-state index in [-0.39, 0.29) is 18.5 Å². The van der Waals surface area contributed by atoms with E-state index in [1.54, 1.807) is 0 Å². The zero-order chi connectivity index (χ0) is 9.80. The topological polar surface area (TPSA) is 21.3 Å².